The summed E-state index contributed by atoms with van der Waals surface area (Å²) in [5, 5.41) is 9.08. The number of aliphatic carboxylic acids is 1. The molecule has 1 atom stereocenters. The Kier molecular flexibility index (Phi) is 5.90. The fourth-order valence-electron chi connectivity index (χ4n) is 1.37. The second kappa shape index (κ2) is 7.68. The molecule has 0 aliphatic rings. The number of carboxylic acids is 1. The fraction of sp³-hybridized carbons (Fsp3) is 0.133. The van der Waals surface area contributed by atoms with Gasteiger partial charge in [0.15, 0.2) is 0 Å². The van der Waals surface area contributed by atoms with E-state index >= 15 is 0 Å². The average molecular weight is 273 g/mol. The van der Waals surface area contributed by atoms with Crippen LogP contribution in [0.5, 0.6) is 0 Å². The number of ether oxygens (including phenoxy) is 1. The molecule has 0 bridgehead atoms. The van der Waals surface area contributed by atoms with E-state index in [-0.39, 0.29) is 0 Å². The van der Waals surface area contributed by atoms with Gasteiger partial charge in [0.05, 0.1) is 5.69 Å². The minimum absolute atomic E-state index is 0.362. The highest BCUT2D eigenvalue weighted by atomic mass is 16.5. The minimum Gasteiger partial charge on any atom is -0.477 e. The lowest BCUT2D eigenvalue weighted by atomic mass is 10.2. The van der Waals surface area contributed by atoms with Crippen LogP contribution in [-0.2, 0) is 14.3 Å². The van der Waals surface area contributed by atoms with Crippen molar-refractivity contribution in [1.29, 1.82) is 0 Å². The summed E-state index contributed by atoms with van der Waals surface area (Å²) in [6.07, 6.45) is 5.40. The number of rotatable bonds is 7. The Hall–Kier alpha value is -2.69. The molecule has 0 aliphatic heterocycles. The molecule has 1 rings (SSSR count). The van der Waals surface area contributed by atoms with E-state index in [1.165, 1.54) is 18.3 Å². The first-order chi connectivity index (χ1) is 9.58. The molecule has 5 heteroatoms. The van der Waals surface area contributed by atoms with Gasteiger partial charge in [-0.05, 0) is 18.2 Å². The summed E-state index contributed by atoms with van der Waals surface area (Å²) in [5.74, 6) is -2.31. The van der Waals surface area contributed by atoms with E-state index in [0.717, 1.165) is 0 Å². The summed E-state index contributed by atoms with van der Waals surface area (Å²) >= 11 is 0. The van der Waals surface area contributed by atoms with Gasteiger partial charge in [-0.2, -0.15) is 0 Å². The van der Waals surface area contributed by atoms with Gasteiger partial charge in [-0.1, -0.05) is 24.8 Å². The maximum absolute atomic E-state index is 11.9. The second-order valence-corrected chi connectivity index (χ2v) is 3.82. The highest BCUT2D eigenvalue weighted by Gasteiger charge is 2.21. The number of pyridine rings is 1. The molecule has 1 N–H and O–H groups in total. The molecule has 1 heterocycles. The number of hydrogen-bond donors (Lipinski definition) is 1. The zero-order valence-corrected chi connectivity index (χ0v) is 10.9. The molecule has 0 radical (unpaired) electrons. The third-order valence-corrected chi connectivity index (χ3v) is 2.35. The number of hydrogen-bond acceptors (Lipinski definition) is 4. The first-order valence-corrected chi connectivity index (χ1v) is 5.89. The lowest BCUT2D eigenvalue weighted by molar-refractivity contribution is -0.146. The summed E-state index contributed by atoms with van der Waals surface area (Å²) in [7, 11) is 0. The van der Waals surface area contributed by atoms with Crippen LogP contribution in [0.4, 0.5) is 0 Å². The Morgan fingerprint density at radius 3 is 2.65 bits per heavy atom. The van der Waals surface area contributed by atoms with Gasteiger partial charge in [0.2, 0.25) is 0 Å². The molecular weight excluding hydrogens is 258 g/mol. The van der Waals surface area contributed by atoms with Crippen LogP contribution >= 0.6 is 0 Å². The highest BCUT2D eigenvalue weighted by Crippen LogP contribution is 2.10. The van der Waals surface area contributed by atoms with E-state index in [2.05, 4.69) is 18.1 Å². The Balaban J connectivity index is 2.94. The van der Waals surface area contributed by atoms with Gasteiger partial charge in [-0.15, -0.1) is 6.58 Å². The topological polar surface area (TPSA) is 76.5 Å². The van der Waals surface area contributed by atoms with Crippen molar-refractivity contribution in [2.45, 2.75) is 12.5 Å². The molecule has 1 aromatic rings. The van der Waals surface area contributed by atoms with Crippen LogP contribution in [0.2, 0.25) is 0 Å². The smallest absolute Gasteiger partial charge is 0.346 e. The number of aromatic nitrogens is 1. The standard InChI is InChI=1S/C15H15NO4/c1-3-7-12(4-2)20-15(19)13(14(17)18)10-11-8-5-6-9-16-11/h3-6,8-10,12H,1-2,7H2,(H,17,18). The van der Waals surface area contributed by atoms with Crippen molar-refractivity contribution in [3.8, 4) is 0 Å². The number of nitrogens with zero attached hydrogens (tertiary/aromatic N) is 1. The molecule has 104 valence electrons. The molecule has 0 fully saturated rings. The van der Waals surface area contributed by atoms with Crippen LogP contribution in [0.25, 0.3) is 6.08 Å². The molecule has 0 saturated carbocycles. The molecule has 1 unspecified atom stereocenters. The number of carboxylic acid groups (broad SMARTS) is 1. The average Bonchev–Trinajstić information content (AvgIpc) is 2.44. The van der Waals surface area contributed by atoms with Gasteiger partial charge in [-0.25, -0.2) is 9.59 Å². The molecule has 0 aliphatic carbocycles. The van der Waals surface area contributed by atoms with E-state index < -0.39 is 23.6 Å². The zero-order chi connectivity index (χ0) is 15.0. The third kappa shape index (κ3) is 4.53. The Labute approximate surface area is 116 Å². The van der Waals surface area contributed by atoms with Gasteiger partial charge in [0.25, 0.3) is 0 Å². The summed E-state index contributed by atoms with van der Waals surface area (Å²) in [6, 6.07) is 4.97. The normalized spacial score (nSPS) is 12.3. The molecular formula is C15H15NO4. The van der Waals surface area contributed by atoms with Crippen LogP contribution in [0.15, 0.2) is 55.3 Å². The number of carbonyl (C=O) groups excluding carboxylic acids is 1. The predicted octanol–water partition coefficient (Wildman–Crippen LogP) is 2.22. The van der Waals surface area contributed by atoms with Crippen molar-refractivity contribution in [3.63, 3.8) is 0 Å². The lowest BCUT2D eigenvalue weighted by Gasteiger charge is -2.12. The molecule has 1 aromatic heterocycles. The van der Waals surface area contributed by atoms with E-state index in [9.17, 15) is 9.59 Å². The molecule has 5 nitrogen and oxygen atoms in total. The highest BCUT2D eigenvalue weighted by molar-refractivity contribution is 6.16. The van der Waals surface area contributed by atoms with E-state index in [1.807, 2.05) is 0 Å². The van der Waals surface area contributed by atoms with Crippen LogP contribution in [0, 0.1) is 0 Å². The summed E-state index contributed by atoms with van der Waals surface area (Å²) < 4.78 is 5.03. The van der Waals surface area contributed by atoms with Gasteiger partial charge in [0.1, 0.15) is 11.7 Å². The van der Waals surface area contributed by atoms with E-state index in [4.69, 9.17) is 9.84 Å². The third-order valence-electron chi connectivity index (χ3n) is 2.35. The maximum atomic E-state index is 11.9. The van der Waals surface area contributed by atoms with Crippen molar-refractivity contribution < 1.29 is 19.4 Å². The summed E-state index contributed by atoms with van der Waals surface area (Å²) in [5.41, 5.74) is -0.125. The quantitative estimate of drug-likeness (QED) is 0.271. The van der Waals surface area contributed by atoms with Crippen LogP contribution < -0.4 is 0 Å². The van der Waals surface area contributed by atoms with Gasteiger partial charge < -0.3 is 9.84 Å². The maximum Gasteiger partial charge on any atom is 0.346 e. The van der Waals surface area contributed by atoms with Crippen molar-refractivity contribution in [3.05, 3.63) is 61.0 Å². The Bertz CT molecular complexity index is 534. The zero-order valence-electron chi connectivity index (χ0n) is 10.9. The monoisotopic (exact) mass is 273 g/mol. The van der Waals surface area contributed by atoms with Crippen LogP contribution in [0.3, 0.4) is 0 Å². The van der Waals surface area contributed by atoms with Gasteiger partial charge >= 0.3 is 11.9 Å². The van der Waals surface area contributed by atoms with Crippen molar-refractivity contribution in [2.75, 3.05) is 0 Å². The van der Waals surface area contributed by atoms with Crippen molar-refractivity contribution in [2.24, 2.45) is 0 Å². The van der Waals surface area contributed by atoms with E-state index in [0.29, 0.717) is 12.1 Å². The second-order valence-electron chi connectivity index (χ2n) is 3.82. The van der Waals surface area contributed by atoms with Crippen LogP contribution in [-0.4, -0.2) is 28.1 Å². The molecule has 20 heavy (non-hydrogen) atoms. The molecule has 0 spiro atoms. The number of carbonyl (C=O) groups is 2. The van der Waals surface area contributed by atoms with Crippen molar-refractivity contribution in [1.82, 2.24) is 4.98 Å². The Morgan fingerprint density at radius 1 is 1.40 bits per heavy atom. The summed E-state index contributed by atoms with van der Waals surface area (Å²) in [4.78, 5) is 26.9. The SMILES string of the molecule is C=CCC(C=C)OC(=O)C(=Cc1ccccn1)C(=O)O. The lowest BCUT2D eigenvalue weighted by Crippen LogP contribution is -2.21. The fourth-order valence-corrected chi connectivity index (χ4v) is 1.37. The first kappa shape index (κ1) is 15.4. The van der Waals surface area contributed by atoms with Crippen LogP contribution in [0.1, 0.15) is 12.1 Å². The number of esters is 1. The van der Waals surface area contributed by atoms with Gasteiger partial charge in [-0.3, -0.25) is 4.98 Å². The Morgan fingerprint density at radius 2 is 2.15 bits per heavy atom. The van der Waals surface area contributed by atoms with Crippen molar-refractivity contribution >= 4 is 18.0 Å². The van der Waals surface area contributed by atoms with Gasteiger partial charge in [0, 0.05) is 12.6 Å². The summed E-state index contributed by atoms with van der Waals surface area (Å²) in [6.45, 7) is 7.04. The van der Waals surface area contributed by atoms with E-state index in [1.54, 1.807) is 24.3 Å². The minimum atomic E-state index is -1.37. The predicted molar refractivity (Wildman–Crippen MR) is 74.7 cm³/mol. The molecule has 0 amide bonds. The first-order valence-electron chi connectivity index (χ1n) is 5.89. The molecule has 0 saturated heterocycles. The molecule has 0 aromatic carbocycles. The largest absolute Gasteiger partial charge is 0.477 e.